The lowest BCUT2D eigenvalue weighted by molar-refractivity contribution is 0.169. The van der Waals surface area contributed by atoms with Gasteiger partial charge in [-0.3, -0.25) is 0 Å². The third-order valence-corrected chi connectivity index (χ3v) is 4.30. The molecule has 0 N–H and O–H groups in total. The van der Waals surface area contributed by atoms with Crippen LogP contribution in [0.2, 0.25) is 0 Å². The highest BCUT2D eigenvalue weighted by atomic mass is 35.5. The predicted octanol–water partition coefficient (Wildman–Crippen LogP) is 3.42. The van der Waals surface area contributed by atoms with Crippen molar-refractivity contribution in [2.75, 3.05) is 5.88 Å². The van der Waals surface area contributed by atoms with Gasteiger partial charge in [0.1, 0.15) is 11.3 Å². The zero-order valence-electron chi connectivity index (χ0n) is 10.9. The highest BCUT2D eigenvalue weighted by Gasteiger charge is 2.37. The summed E-state index contributed by atoms with van der Waals surface area (Å²) in [6.07, 6.45) is 6.41. The Hall–Kier alpha value is -1.09. The largest absolute Gasteiger partial charge is 0.307 e. The second-order valence-electron chi connectivity index (χ2n) is 5.45. The maximum absolute atomic E-state index is 5.91. The number of fused-ring (bicyclic) bond motifs is 1. The summed E-state index contributed by atoms with van der Waals surface area (Å²) in [4.78, 5) is 9.32. The molecule has 1 saturated carbocycles. The monoisotopic (exact) mass is 263 g/mol. The van der Waals surface area contributed by atoms with Crippen molar-refractivity contribution >= 4 is 22.8 Å². The van der Waals surface area contributed by atoms with Crippen LogP contribution in [0, 0.1) is 6.92 Å². The molecule has 2 heterocycles. The number of aryl methyl sites for hydroxylation is 2. The van der Waals surface area contributed by atoms with Gasteiger partial charge in [-0.1, -0.05) is 0 Å². The highest BCUT2D eigenvalue weighted by molar-refractivity contribution is 6.17. The number of aromatic nitrogens is 3. The van der Waals surface area contributed by atoms with Crippen molar-refractivity contribution < 1.29 is 0 Å². The van der Waals surface area contributed by atoms with Crippen molar-refractivity contribution in [3.8, 4) is 0 Å². The van der Waals surface area contributed by atoms with Crippen LogP contribution in [0.25, 0.3) is 11.2 Å². The molecule has 0 atom stereocenters. The van der Waals surface area contributed by atoms with Gasteiger partial charge in [0.15, 0.2) is 5.65 Å². The Balaban J connectivity index is 2.25. The van der Waals surface area contributed by atoms with Gasteiger partial charge in [0.25, 0.3) is 0 Å². The summed E-state index contributed by atoms with van der Waals surface area (Å²) in [7, 11) is 0. The van der Waals surface area contributed by atoms with E-state index in [0.29, 0.717) is 5.88 Å². The van der Waals surface area contributed by atoms with Gasteiger partial charge in [0.05, 0.1) is 0 Å². The van der Waals surface area contributed by atoms with Gasteiger partial charge in [-0.25, -0.2) is 9.97 Å². The average Bonchev–Trinajstić information content (AvgIpc) is 2.67. The maximum Gasteiger partial charge on any atom is 0.160 e. The minimum atomic E-state index is 0.191. The second kappa shape index (κ2) is 4.23. The molecule has 4 heteroatoms. The lowest BCUT2D eigenvalue weighted by atomic mass is 9.78. The molecule has 1 fully saturated rings. The molecule has 3 rings (SSSR count). The van der Waals surface area contributed by atoms with E-state index in [2.05, 4.69) is 23.4 Å². The van der Waals surface area contributed by atoms with Crippen LogP contribution < -0.4 is 0 Å². The number of halogens is 1. The van der Waals surface area contributed by atoms with Crippen LogP contribution in [0.3, 0.4) is 0 Å². The van der Waals surface area contributed by atoms with Gasteiger partial charge in [0.2, 0.25) is 0 Å². The van der Waals surface area contributed by atoms with E-state index >= 15 is 0 Å². The molecule has 0 saturated heterocycles. The number of nitrogens with zero attached hydrogens (tertiary/aromatic N) is 3. The third kappa shape index (κ3) is 1.64. The SMILES string of the molecule is Cc1ccnc2c1nc(CCCl)n2C1(C)CCC1. The van der Waals surface area contributed by atoms with Crippen molar-refractivity contribution in [1.29, 1.82) is 0 Å². The Labute approximate surface area is 112 Å². The van der Waals surface area contributed by atoms with Gasteiger partial charge in [-0.15, -0.1) is 11.6 Å². The van der Waals surface area contributed by atoms with Gasteiger partial charge < -0.3 is 4.57 Å². The zero-order chi connectivity index (χ0) is 12.8. The van der Waals surface area contributed by atoms with Crippen LogP contribution in [0.4, 0.5) is 0 Å². The van der Waals surface area contributed by atoms with Crippen molar-refractivity contribution in [2.24, 2.45) is 0 Å². The van der Waals surface area contributed by atoms with E-state index in [1.54, 1.807) is 0 Å². The molecule has 0 unspecified atom stereocenters. The summed E-state index contributed by atoms with van der Waals surface area (Å²) in [5, 5.41) is 0. The van der Waals surface area contributed by atoms with Crippen molar-refractivity contribution in [2.45, 2.75) is 45.1 Å². The van der Waals surface area contributed by atoms with Crippen molar-refractivity contribution in [1.82, 2.24) is 14.5 Å². The first kappa shape index (κ1) is 12.0. The molecule has 18 heavy (non-hydrogen) atoms. The zero-order valence-corrected chi connectivity index (χ0v) is 11.7. The summed E-state index contributed by atoms with van der Waals surface area (Å²) in [6, 6.07) is 2.02. The number of pyridine rings is 1. The van der Waals surface area contributed by atoms with Crippen molar-refractivity contribution in [3.05, 3.63) is 23.7 Å². The normalized spacial score (nSPS) is 17.9. The van der Waals surface area contributed by atoms with Crippen molar-refractivity contribution in [3.63, 3.8) is 0 Å². The van der Waals surface area contributed by atoms with Crippen LogP contribution >= 0.6 is 11.6 Å². The molecular formula is C14H18ClN3. The topological polar surface area (TPSA) is 30.7 Å². The number of imidazole rings is 1. The Morgan fingerprint density at radius 1 is 1.44 bits per heavy atom. The first-order chi connectivity index (χ1) is 8.65. The molecule has 0 radical (unpaired) electrons. The molecule has 1 aliphatic carbocycles. The second-order valence-corrected chi connectivity index (χ2v) is 5.83. The van der Waals surface area contributed by atoms with E-state index in [1.807, 2.05) is 12.3 Å². The van der Waals surface area contributed by atoms with Crippen LogP contribution in [-0.4, -0.2) is 20.4 Å². The Bertz CT molecular complexity index is 584. The van der Waals surface area contributed by atoms with E-state index in [0.717, 1.165) is 23.4 Å². The van der Waals surface area contributed by atoms with Gasteiger partial charge in [-0.2, -0.15) is 0 Å². The molecule has 0 amide bonds. The molecule has 3 nitrogen and oxygen atoms in total. The van der Waals surface area contributed by atoms with Gasteiger partial charge in [-0.05, 0) is 44.7 Å². The minimum absolute atomic E-state index is 0.191. The molecule has 0 spiro atoms. The lowest BCUT2D eigenvalue weighted by Crippen LogP contribution is -2.38. The highest BCUT2D eigenvalue weighted by Crippen LogP contribution is 2.41. The van der Waals surface area contributed by atoms with E-state index in [9.17, 15) is 0 Å². The summed E-state index contributed by atoms with van der Waals surface area (Å²) in [5.41, 5.74) is 3.44. The third-order valence-electron chi connectivity index (χ3n) is 4.11. The Morgan fingerprint density at radius 2 is 2.22 bits per heavy atom. The lowest BCUT2D eigenvalue weighted by Gasteiger charge is -2.41. The molecule has 2 aromatic rings. The molecular weight excluding hydrogens is 246 g/mol. The minimum Gasteiger partial charge on any atom is -0.307 e. The van der Waals surface area contributed by atoms with E-state index in [4.69, 9.17) is 16.6 Å². The van der Waals surface area contributed by atoms with Crippen LogP contribution in [0.15, 0.2) is 12.3 Å². The summed E-state index contributed by atoms with van der Waals surface area (Å²) in [6.45, 7) is 4.40. The summed E-state index contributed by atoms with van der Waals surface area (Å²) >= 11 is 5.91. The Morgan fingerprint density at radius 3 is 2.83 bits per heavy atom. The quantitative estimate of drug-likeness (QED) is 0.795. The molecule has 1 aliphatic rings. The number of hydrogen-bond donors (Lipinski definition) is 0. The van der Waals surface area contributed by atoms with E-state index < -0.39 is 0 Å². The van der Waals surface area contributed by atoms with Crippen LogP contribution in [0.5, 0.6) is 0 Å². The fourth-order valence-corrected chi connectivity index (χ4v) is 3.04. The average molecular weight is 264 g/mol. The smallest absolute Gasteiger partial charge is 0.160 e. The van der Waals surface area contributed by atoms with Crippen LogP contribution in [-0.2, 0) is 12.0 Å². The molecule has 0 aromatic carbocycles. The molecule has 0 aliphatic heterocycles. The fraction of sp³-hybridized carbons (Fsp3) is 0.571. The number of hydrogen-bond acceptors (Lipinski definition) is 2. The maximum atomic E-state index is 5.91. The summed E-state index contributed by atoms with van der Waals surface area (Å²) in [5.74, 6) is 1.70. The number of rotatable bonds is 3. The molecule has 2 aromatic heterocycles. The van der Waals surface area contributed by atoms with E-state index in [1.165, 1.54) is 24.8 Å². The standard InChI is InChI=1S/C14H18ClN3/c1-10-5-9-16-13-12(10)17-11(4-8-15)18(13)14(2)6-3-7-14/h5,9H,3-4,6-8H2,1-2H3. The Kier molecular flexibility index (Phi) is 2.81. The van der Waals surface area contributed by atoms with Gasteiger partial charge in [0, 0.05) is 24.0 Å². The molecule has 0 bridgehead atoms. The van der Waals surface area contributed by atoms with Crippen LogP contribution in [0.1, 0.15) is 37.6 Å². The first-order valence-electron chi connectivity index (χ1n) is 6.55. The molecule has 96 valence electrons. The fourth-order valence-electron chi connectivity index (χ4n) is 2.87. The van der Waals surface area contributed by atoms with E-state index in [-0.39, 0.29) is 5.54 Å². The first-order valence-corrected chi connectivity index (χ1v) is 7.08. The number of alkyl halides is 1. The predicted molar refractivity (Wildman–Crippen MR) is 74.2 cm³/mol. The summed E-state index contributed by atoms with van der Waals surface area (Å²) < 4.78 is 2.33. The van der Waals surface area contributed by atoms with Gasteiger partial charge >= 0.3 is 0 Å².